The number of benzene rings is 1. The minimum Gasteiger partial charge on any atom is -0.393 e. The molecule has 7 nitrogen and oxygen atoms in total. The Morgan fingerprint density at radius 2 is 2.03 bits per heavy atom. The molecule has 0 radical (unpaired) electrons. The fraction of sp³-hybridized carbons (Fsp3) is 0.652. The second-order valence-corrected chi connectivity index (χ2v) is 9.12. The van der Waals surface area contributed by atoms with E-state index in [4.69, 9.17) is 0 Å². The zero-order valence-electron chi connectivity index (χ0n) is 17.8. The van der Waals surface area contributed by atoms with Gasteiger partial charge in [0.1, 0.15) is 0 Å². The summed E-state index contributed by atoms with van der Waals surface area (Å²) in [4.78, 5) is 29.0. The molecule has 7 heteroatoms. The third-order valence-corrected chi connectivity index (χ3v) is 6.92. The molecular weight excluding hydrogens is 380 g/mol. The number of nitrogens with zero attached hydrogens (tertiary/aromatic N) is 2. The van der Waals surface area contributed by atoms with Gasteiger partial charge < -0.3 is 20.6 Å². The molecular formula is C23H34N4O3. The van der Waals surface area contributed by atoms with Crippen LogP contribution in [0.2, 0.25) is 0 Å². The molecule has 3 fully saturated rings. The molecule has 1 saturated carbocycles. The first kappa shape index (κ1) is 21.0. The van der Waals surface area contributed by atoms with Crippen molar-refractivity contribution in [1.29, 1.82) is 0 Å². The van der Waals surface area contributed by atoms with Gasteiger partial charge >= 0.3 is 12.1 Å². The topological polar surface area (TPSA) is 84.9 Å². The van der Waals surface area contributed by atoms with Crippen LogP contribution < -0.4 is 15.5 Å². The van der Waals surface area contributed by atoms with Gasteiger partial charge in [-0.1, -0.05) is 13.0 Å². The summed E-state index contributed by atoms with van der Waals surface area (Å²) in [6, 6.07) is 7.37. The van der Waals surface area contributed by atoms with Gasteiger partial charge in [0, 0.05) is 43.0 Å². The highest BCUT2D eigenvalue weighted by molar-refractivity contribution is 5.95. The molecule has 164 valence electrons. The second kappa shape index (κ2) is 9.25. The average molecular weight is 415 g/mol. The first-order valence-electron chi connectivity index (χ1n) is 11.4. The number of likely N-dealkylation sites (tertiary alicyclic amines) is 1. The lowest BCUT2D eigenvalue weighted by Crippen LogP contribution is -2.53. The van der Waals surface area contributed by atoms with E-state index >= 15 is 0 Å². The minimum atomic E-state index is -0.319. The van der Waals surface area contributed by atoms with Crippen LogP contribution in [0.5, 0.6) is 0 Å². The Labute approximate surface area is 178 Å². The fourth-order valence-electron chi connectivity index (χ4n) is 5.30. The molecule has 2 heterocycles. The van der Waals surface area contributed by atoms with E-state index in [0.717, 1.165) is 57.2 Å². The lowest BCUT2D eigenvalue weighted by molar-refractivity contribution is -0.00306. The van der Waals surface area contributed by atoms with Gasteiger partial charge in [-0.05, 0) is 69.1 Å². The van der Waals surface area contributed by atoms with Crippen LogP contribution in [0.25, 0.3) is 0 Å². The largest absolute Gasteiger partial charge is 0.393 e. The van der Waals surface area contributed by atoms with Gasteiger partial charge in [0.15, 0.2) is 0 Å². The highest BCUT2D eigenvalue weighted by Crippen LogP contribution is 2.37. The van der Waals surface area contributed by atoms with Crippen LogP contribution in [0, 0.1) is 11.8 Å². The lowest BCUT2D eigenvalue weighted by atomic mass is 9.74. The first-order chi connectivity index (χ1) is 14.5. The number of hydrogen-bond donors (Lipinski definition) is 3. The smallest absolute Gasteiger partial charge is 0.322 e. The molecule has 0 aromatic heterocycles. The molecule has 3 aliphatic rings. The van der Waals surface area contributed by atoms with Gasteiger partial charge in [-0.25, -0.2) is 9.59 Å². The third kappa shape index (κ3) is 4.56. The summed E-state index contributed by atoms with van der Waals surface area (Å²) in [6.07, 6.45) is 6.51. The molecule has 4 unspecified atom stereocenters. The van der Waals surface area contributed by atoms with E-state index in [9.17, 15) is 14.7 Å². The molecule has 2 aliphatic heterocycles. The summed E-state index contributed by atoms with van der Waals surface area (Å²) in [5.74, 6) is 0.751. The Bertz CT molecular complexity index is 771. The third-order valence-electron chi connectivity index (χ3n) is 6.92. The molecule has 4 amide bonds. The number of amides is 4. The Balaban J connectivity index is 1.47. The van der Waals surface area contributed by atoms with Crippen molar-refractivity contribution in [2.24, 2.45) is 11.8 Å². The Kier molecular flexibility index (Phi) is 6.46. The summed E-state index contributed by atoms with van der Waals surface area (Å²) in [6.45, 7) is 4.35. The molecule has 0 spiro atoms. The monoisotopic (exact) mass is 414 g/mol. The molecule has 1 aromatic rings. The number of nitrogens with one attached hydrogen (secondary N) is 2. The van der Waals surface area contributed by atoms with Crippen molar-refractivity contribution in [2.75, 3.05) is 29.9 Å². The van der Waals surface area contributed by atoms with Crippen LogP contribution in [0.1, 0.15) is 51.9 Å². The van der Waals surface area contributed by atoms with Gasteiger partial charge in [0.2, 0.25) is 0 Å². The Morgan fingerprint density at radius 3 is 2.87 bits per heavy atom. The van der Waals surface area contributed by atoms with Crippen molar-refractivity contribution in [3.8, 4) is 0 Å². The van der Waals surface area contributed by atoms with Crippen LogP contribution in [0.3, 0.4) is 0 Å². The van der Waals surface area contributed by atoms with E-state index < -0.39 is 0 Å². The molecule has 3 N–H and O–H groups in total. The van der Waals surface area contributed by atoms with E-state index in [0.29, 0.717) is 24.7 Å². The highest BCUT2D eigenvalue weighted by atomic mass is 16.3. The van der Waals surface area contributed by atoms with Gasteiger partial charge in [0.25, 0.3) is 0 Å². The van der Waals surface area contributed by atoms with Crippen LogP contribution in [-0.4, -0.2) is 53.8 Å². The lowest BCUT2D eigenvalue weighted by Gasteiger charge is -2.44. The summed E-state index contributed by atoms with van der Waals surface area (Å²) >= 11 is 0. The van der Waals surface area contributed by atoms with Gasteiger partial charge in [-0.15, -0.1) is 0 Å². The van der Waals surface area contributed by atoms with Crippen molar-refractivity contribution in [2.45, 2.75) is 64.0 Å². The number of hydrogen-bond acceptors (Lipinski definition) is 3. The summed E-state index contributed by atoms with van der Waals surface area (Å²) in [7, 11) is 0. The summed E-state index contributed by atoms with van der Waals surface area (Å²) in [5.41, 5.74) is 1.48. The maximum absolute atomic E-state index is 13.2. The molecule has 0 bridgehead atoms. The predicted octanol–water partition coefficient (Wildman–Crippen LogP) is 3.79. The van der Waals surface area contributed by atoms with E-state index in [-0.39, 0.29) is 30.1 Å². The van der Waals surface area contributed by atoms with Crippen LogP contribution in [0.15, 0.2) is 24.3 Å². The number of carbonyl (C=O) groups excluding carboxylic acids is 2. The predicted molar refractivity (Wildman–Crippen MR) is 118 cm³/mol. The van der Waals surface area contributed by atoms with Crippen LogP contribution in [0.4, 0.5) is 21.0 Å². The molecule has 4 rings (SSSR count). The average Bonchev–Trinajstić information content (AvgIpc) is 2.76. The highest BCUT2D eigenvalue weighted by Gasteiger charge is 2.39. The molecule has 2 saturated heterocycles. The molecule has 4 atom stereocenters. The van der Waals surface area contributed by atoms with Crippen molar-refractivity contribution < 1.29 is 14.7 Å². The zero-order chi connectivity index (χ0) is 21.1. The maximum atomic E-state index is 13.2. The van der Waals surface area contributed by atoms with E-state index in [2.05, 4.69) is 17.6 Å². The van der Waals surface area contributed by atoms with Crippen molar-refractivity contribution >= 4 is 23.4 Å². The summed E-state index contributed by atoms with van der Waals surface area (Å²) in [5, 5.41) is 16.5. The normalized spacial score (nSPS) is 30.0. The number of aliphatic hydroxyl groups is 1. The van der Waals surface area contributed by atoms with E-state index in [1.54, 1.807) is 4.90 Å². The van der Waals surface area contributed by atoms with Crippen molar-refractivity contribution in [3.63, 3.8) is 0 Å². The zero-order valence-corrected chi connectivity index (χ0v) is 17.8. The van der Waals surface area contributed by atoms with Gasteiger partial charge in [0.05, 0.1) is 6.10 Å². The minimum absolute atomic E-state index is 0.0903. The maximum Gasteiger partial charge on any atom is 0.322 e. The standard InChI is InChI=1S/C23H34N4O3/c1-16-9-10-21(28)19(14-16)20-8-2-3-12-27(20)23(30)25-17-6-4-7-18(15-17)26-13-5-11-24-22(26)29/h4,6-7,15-16,19-21,28H,2-3,5,8-14H2,1H3,(H,24,29)(H,25,30). The van der Waals surface area contributed by atoms with Gasteiger partial charge in [-0.3, -0.25) is 4.90 Å². The Hall–Kier alpha value is -2.28. The number of anilines is 2. The first-order valence-corrected chi connectivity index (χ1v) is 11.4. The van der Waals surface area contributed by atoms with Crippen LogP contribution >= 0.6 is 0 Å². The quantitative estimate of drug-likeness (QED) is 0.703. The SMILES string of the molecule is CC1CCC(O)C(C2CCCCN2C(=O)Nc2cccc(N3CCCNC3=O)c2)C1. The van der Waals surface area contributed by atoms with E-state index in [1.807, 2.05) is 29.2 Å². The number of aliphatic hydroxyl groups excluding tert-OH is 1. The molecule has 1 aliphatic carbocycles. The number of piperidine rings is 1. The van der Waals surface area contributed by atoms with E-state index in [1.165, 1.54) is 0 Å². The van der Waals surface area contributed by atoms with Gasteiger partial charge in [-0.2, -0.15) is 0 Å². The Morgan fingerprint density at radius 1 is 1.17 bits per heavy atom. The van der Waals surface area contributed by atoms with Crippen molar-refractivity contribution in [3.05, 3.63) is 24.3 Å². The summed E-state index contributed by atoms with van der Waals surface area (Å²) < 4.78 is 0. The number of urea groups is 2. The van der Waals surface area contributed by atoms with Crippen LogP contribution in [-0.2, 0) is 0 Å². The number of rotatable bonds is 3. The second-order valence-electron chi connectivity index (χ2n) is 9.12. The number of carbonyl (C=O) groups is 2. The van der Waals surface area contributed by atoms with Crippen molar-refractivity contribution in [1.82, 2.24) is 10.2 Å². The fourth-order valence-corrected chi connectivity index (χ4v) is 5.30. The molecule has 30 heavy (non-hydrogen) atoms. The molecule has 1 aromatic carbocycles.